The Morgan fingerprint density at radius 3 is 2.60 bits per heavy atom. The summed E-state index contributed by atoms with van der Waals surface area (Å²) in [6.45, 7) is 7.23. The number of hydrogen-bond donors (Lipinski definition) is 1. The van der Waals surface area contributed by atoms with E-state index in [9.17, 15) is 8.42 Å². The third-order valence-electron chi connectivity index (χ3n) is 4.76. The monoisotopic (exact) mass is 363 g/mol. The molecule has 136 valence electrons. The summed E-state index contributed by atoms with van der Waals surface area (Å²) in [5.41, 5.74) is 0.733. The summed E-state index contributed by atoms with van der Waals surface area (Å²) in [7, 11) is -1.12. The highest BCUT2D eigenvalue weighted by atomic mass is 32.2. The number of hydrogen-bond acceptors (Lipinski definition) is 7. The second-order valence-corrected chi connectivity index (χ2v) is 8.76. The van der Waals surface area contributed by atoms with Gasteiger partial charge in [-0.15, -0.1) is 0 Å². The van der Waals surface area contributed by atoms with Gasteiger partial charge >= 0.3 is 0 Å². The molecule has 1 aliphatic heterocycles. The van der Waals surface area contributed by atoms with Crippen LogP contribution in [0.15, 0.2) is 29.4 Å². The van der Waals surface area contributed by atoms with Gasteiger partial charge in [-0.25, -0.2) is 18.4 Å². The molecule has 25 heavy (non-hydrogen) atoms. The second kappa shape index (κ2) is 7.23. The summed E-state index contributed by atoms with van der Waals surface area (Å²) in [5.74, 6) is 0.677. The zero-order valence-corrected chi connectivity index (χ0v) is 15.8. The molecule has 0 spiro atoms. The van der Waals surface area contributed by atoms with Gasteiger partial charge in [-0.05, 0) is 32.2 Å². The van der Waals surface area contributed by atoms with Crippen molar-refractivity contribution in [1.82, 2.24) is 19.8 Å². The quantitative estimate of drug-likeness (QED) is 0.852. The van der Waals surface area contributed by atoms with Crippen molar-refractivity contribution in [2.24, 2.45) is 0 Å². The predicted molar refractivity (Wildman–Crippen MR) is 99.7 cm³/mol. The van der Waals surface area contributed by atoms with Crippen LogP contribution in [0.3, 0.4) is 0 Å². The van der Waals surface area contributed by atoms with E-state index < -0.39 is 9.84 Å². The van der Waals surface area contributed by atoms with Crippen LogP contribution in [0.5, 0.6) is 0 Å². The molecular formula is C17H25N5O2S. The lowest BCUT2D eigenvalue weighted by molar-refractivity contribution is 0.123. The molecule has 0 aliphatic carbocycles. The van der Waals surface area contributed by atoms with Crippen molar-refractivity contribution in [2.45, 2.75) is 17.9 Å². The largest absolute Gasteiger partial charge is 0.368 e. The van der Waals surface area contributed by atoms with Gasteiger partial charge in [0.1, 0.15) is 12.1 Å². The van der Waals surface area contributed by atoms with E-state index in [0.29, 0.717) is 11.9 Å². The minimum absolute atomic E-state index is 0.282. The van der Waals surface area contributed by atoms with Gasteiger partial charge in [-0.3, -0.25) is 4.90 Å². The van der Waals surface area contributed by atoms with E-state index >= 15 is 0 Å². The molecule has 0 amide bonds. The Morgan fingerprint density at radius 2 is 1.92 bits per heavy atom. The Balaban J connectivity index is 1.76. The predicted octanol–water partition coefficient (Wildman–Crippen LogP) is 1.08. The summed E-state index contributed by atoms with van der Waals surface area (Å²) in [5, 5.41) is 4.11. The first-order valence-electron chi connectivity index (χ1n) is 8.46. The number of nitrogens with one attached hydrogen (secondary N) is 1. The van der Waals surface area contributed by atoms with Crippen molar-refractivity contribution < 1.29 is 8.42 Å². The van der Waals surface area contributed by atoms with Crippen molar-refractivity contribution in [2.75, 3.05) is 51.3 Å². The van der Waals surface area contributed by atoms with Crippen molar-refractivity contribution in [1.29, 1.82) is 0 Å². The van der Waals surface area contributed by atoms with Gasteiger partial charge in [0.05, 0.1) is 10.4 Å². The van der Waals surface area contributed by atoms with E-state index in [1.807, 2.05) is 0 Å². The Hall–Kier alpha value is -1.77. The highest BCUT2D eigenvalue weighted by molar-refractivity contribution is 7.90. The smallest absolute Gasteiger partial charge is 0.175 e. The van der Waals surface area contributed by atoms with Crippen LogP contribution in [0.2, 0.25) is 0 Å². The number of fused-ring (bicyclic) bond motifs is 1. The third kappa shape index (κ3) is 4.26. The standard InChI is InChI=1S/C17H25N5O2S/c1-13(22-8-6-21(2)7-9-22)11-18-17-15-10-14(25(3,23)24)4-5-16(15)19-12-20-17/h4-5,10,12-13H,6-9,11H2,1-3H3,(H,18,19,20). The third-order valence-corrected chi connectivity index (χ3v) is 5.87. The van der Waals surface area contributed by atoms with E-state index in [4.69, 9.17) is 0 Å². The number of likely N-dealkylation sites (N-methyl/N-ethyl adjacent to an activating group) is 1. The Bertz CT molecular complexity index is 847. The van der Waals surface area contributed by atoms with Crippen molar-refractivity contribution in [3.05, 3.63) is 24.5 Å². The average Bonchev–Trinajstić information content (AvgIpc) is 2.59. The maximum atomic E-state index is 11.8. The number of anilines is 1. The highest BCUT2D eigenvalue weighted by Gasteiger charge is 2.19. The first-order chi connectivity index (χ1) is 11.8. The number of piperazine rings is 1. The summed E-state index contributed by atoms with van der Waals surface area (Å²) >= 11 is 0. The van der Waals surface area contributed by atoms with Gasteiger partial charge in [0.15, 0.2) is 9.84 Å². The molecule has 0 bridgehead atoms. The van der Waals surface area contributed by atoms with Crippen LogP contribution in [-0.4, -0.2) is 80.3 Å². The molecule has 8 heteroatoms. The van der Waals surface area contributed by atoms with Gasteiger partial charge in [0, 0.05) is 50.4 Å². The molecule has 2 heterocycles. The first-order valence-corrected chi connectivity index (χ1v) is 10.3. The van der Waals surface area contributed by atoms with Gasteiger partial charge in [0.2, 0.25) is 0 Å². The van der Waals surface area contributed by atoms with Crippen LogP contribution in [0, 0.1) is 0 Å². The van der Waals surface area contributed by atoms with Gasteiger partial charge in [-0.2, -0.15) is 0 Å². The minimum Gasteiger partial charge on any atom is -0.368 e. The van der Waals surface area contributed by atoms with Crippen molar-refractivity contribution in [3.63, 3.8) is 0 Å². The fourth-order valence-corrected chi connectivity index (χ4v) is 3.69. The number of nitrogens with zero attached hydrogens (tertiary/aromatic N) is 4. The molecule has 0 radical (unpaired) electrons. The van der Waals surface area contributed by atoms with E-state index in [2.05, 4.69) is 39.1 Å². The van der Waals surface area contributed by atoms with E-state index in [1.54, 1.807) is 18.2 Å². The molecular weight excluding hydrogens is 338 g/mol. The molecule has 1 unspecified atom stereocenters. The van der Waals surface area contributed by atoms with Crippen LogP contribution < -0.4 is 5.32 Å². The molecule has 1 fully saturated rings. The summed E-state index contributed by atoms with van der Waals surface area (Å²) in [6.07, 6.45) is 2.71. The van der Waals surface area contributed by atoms with Crippen LogP contribution in [0.1, 0.15) is 6.92 Å². The zero-order valence-electron chi connectivity index (χ0n) is 14.9. The number of sulfone groups is 1. The lowest BCUT2D eigenvalue weighted by atomic mass is 10.2. The van der Waals surface area contributed by atoms with Crippen molar-refractivity contribution in [3.8, 4) is 0 Å². The maximum Gasteiger partial charge on any atom is 0.175 e. The maximum absolute atomic E-state index is 11.8. The Labute approximate surface area is 149 Å². The Morgan fingerprint density at radius 1 is 1.20 bits per heavy atom. The molecule has 2 aromatic rings. The molecule has 1 aromatic heterocycles. The Kier molecular flexibility index (Phi) is 5.21. The molecule has 0 saturated carbocycles. The molecule has 1 atom stereocenters. The fraction of sp³-hybridized carbons (Fsp3) is 0.529. The lowest BCUT2D eigenvalue weighted by Gasteiger charge is -2.36. The first kappa shape index (κ1) is 18.0. The topological polar surface area (TPSA) is 78.4 Å². The normalized spacial score (nSPS) is 18.4. The SMILES string of the molecule is CC(CNc1ncnc2ccc(S(C)(=O)=O)cc12)N1CCN(C)CC1. The second-order valence-electron chi connectivity index (χ2n) is 6.74. The minimum atomic E-state index is -3.26. The van der Waals surface area contributed by atoms with Crippen LogP contribution in [-0.2, 0) is 9.84 Å². The molecule has 7 nitrogen and oxygen atoms in total. The summed E-state index contributed by atoms with van der Waals surface area (Å²) in [4.78, 5) is 13.6. The molecule has 1 aliphatic rings. The van der Waals surface area contributed by atoms with Crippen LogP contribution >= 0.6 is 0 Å². The highest BCUT2D eigenvalue weighted by Crippen LogP contribution is 2.23. The molecule has 1 aromatic carbocycles. The summed E-state index contributed by atoms with van der Waals surface area (Å²) < 4.78 is 23.6. The molecule has 1 saturated heterocycles. The zero-order chi connectivity index (χ0) is 18.0. The van der Waals surface area contributed by atoms with Crippen LogP contribution in [0.25, 0.3) is 10.9 Å². The number of aromatic nitrogens is 2. The van der Waals surface area contributed by atoms with Gasteiger partial charge in [0.25, 0.3) is 0 Å². The summed E-state index contributed by atoms with van der Waals surface area (Å²) in [6, 6.07) is 5.33. The average molecular weight is 363 g/mol. The molecule has 1 N–H and O–H groups in total. The van der Waals surface area contributed by atoms with Gasteiger partial charge in [-0.1, -0.05) is 0 Å². The van der Waals surface area contributed by atoms with E-state index in [1.165, 1.54) is 12.6 Å². The van der Waals surface area contributed by atoms with Crippen LogP contribution in [0.4, 0.5) is 5.82 Å². The van der Waals surface area contributed by atoms with Crippen molar-refractivity contribution >= 4 is 26.6 Å². The van der Waals surface area contributed by atoms with E-state index in [0.717, 1.165) is 43.6 Å². The lowest BCUT2D eigenvalue weighted by Crippen LogP contribution is -2.49. The number of rotatable bonds is 5. The molecule has 3 rings (SSSR count). The van der Waals surface area contributed by atoms with E-state index in [-0.39, 0.29) is 4.90 Å². The number of benzene rings is 1. The van der Waals surface area contributed by atoms with Gasteiger partial charge < -0.3 is 10.2 Å². The fourth-order valence-electron chi connectivity index (χ4n) is 3.04.